The average molecular weight is 284 g/mol. The van der Waals surface area contributed by atoms with Gasteiger partial charge in [0.25, 0.3) is 0 Å². The molecule has 106 valence electrons. The van der Waals surface area contributed by atoms with E-state index in [1.165, 1.54) is 0 Å². The van der Waals surface area contributed by atoms with Crippen molar-refractivity contribution in [3.8, 4) is 0 Å². The summed E-state index contributed by atoms with van der Waals surface area (Å²) in [7, 11) is -3.41. The first-order chi connectivity index (χ1) is 8.95. The molecule has 0 saturated carbocycles. The lowest BCUT2D eigenvalue weighted by Gasteiger charge is -2.22. The van der Waals surface area contributed by atoms with E-state index in [1.807, 2.05) is 0 Å². The fourth-order valence-corrected chi connectivity index (χ4v) is 5.18. The highest BCUT2D eigenvalue weighted by Gasteiger charge is 2.45. The largest absolute Gasteiger partial charge is 0.316 e. The van der Waals surface area contributed by atoms with Gasteiger partial charge in [-0.25, -0.2) is 8.42 Å². The van der Waals surface area contributed by atoms with E-state index < -0.39 is 10.0 Å². The van der Waals surface area contributed by atoms with Gasteiger partial charge in [-0.15, -0.1) is 0 Å². The average Bonchev–Trinajstić information content (AvgIpc) is 3.04. The number of hydrogen-bond donors (Lipinski definition) is 2. The molecule has 0 aromatic carbocycles. The Morgan fingerprint density at radius 2 is 2.11 bits per heavy atom. The maximum Gasteiger partial charge on any atom is 0.246 e. The third-order valence-electron chi connectivity index (χ3n) is 4.39. The Morgan fingerprint density at radius 3 is 2.68 bits per heavy atom. The van der Waals surface area contributed by atoms with Crippen molar-refractivity contribution in [2.24, 2.45) is 5.41 Å². The number of sulfonamides is 1. The van der Waals surface area contributed by atoms with Gasteiger partial charge in [-0.1, -0.05) is 0 Å². The third-order valence-corrected chi connectivity index (χ3v) is 6.50. The van der Waals surface area contributed by atoms with E-state index in [2.05, 4.69) is 15.5 Å². The van der Waals surface area contributed by atoms with E-state index in [-0.39, 0.29) is 5.41 Å². The molecule has 3 heterocycles. The molecule has 2 saturated heterocycles. The predicted molar refractivity (Wildman–Crippen MR) is 71.4 cm³/mol. The minimum atomic E-state index is -3.41. The molecule has 19 heavy (non-hydrogen) atoms. The smallest absolute Gasteiger partial charge is 0.246 e. The highest BCUT2D eigenvalue weighted by molar-refractivity contribution is 7.89. The van der Waals surface area contributed by atoms with Crippen LogP contribution in [0.4, 0.5) is 0 Å². The van der Waals surface area contributed by atoms with Crippen LogP contribution in [0.3, 0.4) is 0 Å². The number of aromatic amines is 1. The Kier molecular flexibility index (Phi) is 2.95. The van der Waals surface area contributed by atoms with E-state index in [4.69, 9.17) is 0 Å². The number of aryl methyl sites for hydroxylation is 2. The molecule has 1 spiro atoms. The van der Waals surface area contributed by atoms with Crippen LogP contribution in [0.15, 0.2) is 4.90 Å². The van der Waals surface area contributed by atoms with E-state index in [9.17, 15) is 8.42 Å². The van der Waals surface area contributed by atoms with Crippen LogP contribution in [0, 0.1) is 19.3 Å². The van der Waals surface area contributed by atoms with Gasteiger partial charge in [0.05, 0.1) is 11.4 Å². The van der Waals surface area contributed by atoms with Gasteiger partial charge in [-0.05, 0) is 38.6 Å². The minimum absolute atomic E-state index is 0.151. The Bertz CT molecular complexity index is 567. The fraction of sp³-hybridized carbons (Fsp3) is 0.750. The normalized spacial score (nSPS) is 28.5. The minimum Gasteiger partial charge on any atom is -0.316 e. The van der Waals surface area contributed by atoms with Gasteiger partial charge in [0.1, 0.15) is 4.90 Å². The van der Waals surface area contributed by atoms with Gasteiger partial charge < -0.3 is 5.32 Å². The van der Waals surface area contributed by atoms with Crippen molar-refractivity contribution in [1.82, 2.24) is 19.8 Å². The number of hydrogen-bond acceptors (Lipinski definition) is 4. The van der Waals surface area contributed by atoms with Crippen molar-refractivity contribution >= 4 is 10.0 Å². The second-order valence-corrected chi connectivity index (χ2v) is 7.65. The molecule has 1 aromatic heterocycles. The van der Waals surface area contributed by atoms with Crippen molar-refractivity contribution in [1.29, 1.82) is 0 Å². The zero-order valence-corrected chi connectivity index (χ0v) is 12.2. The topological polar surface area (TPSA) is 78.1 Å². The van der Waals surface area contributed by atoms with Crippen LogP contribution in [0.2, 0.25) is 0 Å². The highest BCUT2D eigenvalue weighted by Crippen LogP contribution is 2.38. The first-order valence-electron chi connectivity index (χ1n) is 6.67. The quantitative estimate of drug-likeness (QED) is 0.824. The summed E-state index contributed by atoms with van der Waals surface area (Å²) in [6.45, 7) is 6.68. The molecule has 3 rings (SSSR count). The summed E-state index contributed by atoms with van der Waals surface area (Å²) < 4.78 is 27.1. The van der Waals surface area contributed by atoms with Gasteiger partial charge in [0, 0.05) is 19.6 Å². The van der Waals surface area contributed by atoms with E-state index >= 15 is 0 Å². The first-order valence-corrected chi connectivity index (χ1v) is 8.11. The number of rotatable bonds is 2. The Hall–Kier alpha value is -0.920. The number of H-pyrrole nitrogens is 1. The molecule has 1 unspecified atom stereocenters. The van der Waals surface area contributed by atoms with Crippen molar-refractivity contribution in [3.63, 3.8) is 0 Å². The number of nitrogens with zero attached hydrogens (tertiary/aromatic N) is 2. The summed E-state index contributed by atoms with van der Waals surface area (Å²) in [5, 5.41) is 10.1. The predicted octanol–water partition coefficient (Wildman–Crippen LogP) is 0.401. The molecule has 1 aromatic rings. The van der Waals surface area contributed by atoms with E-state index in [1.54, 1.807) is 18.2 Å². The lowest BCUT2D eigenvalue weighted by molar-refractivity contribution is 0.338. The standard InChI is InChI=1S/C12H20N4O2S/c1-9-11(10(2)15-14-9)19(17,18)16-6-4-12(8-16)3-5-13-7-12/h13H,3-8H2,1-2H3,(H,14,15). The van der Waals surface area contributed by atoms with Crippen molar-refractivity contribution < 1.29 is 8.42 Å². The van der Waals surface area contributed by atoms with Crippen LogP contribution < -0.4 is 5.32 Å². The molecule has 0 aliphatic carbocycles. The molecule has 2 aliphatic rings. The van der Waals surface area contributed by atoms with Crippen LogP contribution in [0.1, 0.15) is 24.2 Å². The van der Waals surface area contributed by atoms with Gasteiger partial charge in [0.2, 0.25) is 10.0 Å². The summed E-state index contributed by atoms with van der Waals surface area (Å²) in [4.78, 5) is 0.357. The second kappa shape index (κ2) is 4.29. The number of nitrogens with one attached hydrogen (secondary N) is 2. The molecule has 2 N–H and O–H groups in total. The summed E-state index contributed by atoms with van der Waals surface area (Å²) in [5.41, 5.74) is 1.34. The summed E-state index contributed by atoms with van der Waals surface area (Å²) >= 11 is 0. The molecule has 6 nitrogen and oxygen atoms in total. The van der Waals surface area contributed by atoms with Gasteiger partial charge in [-0.2, -0.15) is 9.40 Å². The van der Waals surface area contributed by atoms with Crippen LogP contribution >= 0.6 is 0 Å². The van der Waals surface area contributed by atoms with Crippen LogP contribution in [-0.2, 0) is 10.0 Å². The molecular formula is C12H20N4O2S. The van der Waals surface area contributed by atoms with Crippen molar-refractivity contribution in [2.45, 2.75) is 31.6 Å². The maximum absolute atomic E-state index is 12.7. The molecule has 2 fully saturated rings. The van der Waals surface area contributed by atoms with Crippen LogP contribution in [0.25, 0.3) is 0 Å². The Morgan fingerprint density at radius 1 is 1.32 bits per heavy atom. The van der Waals surface area contributed by atoms with Crippen molar-refractivity contribution in [2.75, 3.05) is 26.2 Å². The molecule has 0 amide bonds. The van der Waals surface area contributed by atoms with Gasteiger partial charge in [0.15, 0.2) is 0 Å². The Balaban J connectivity index is 1.90. The summed E-state index contributed by atoms with van der Waals surface area (Å²) in [6.07, 6.45) is 2.03. The monoisotopic (exact) mass is 284 g/mol. The van der Waals surface area contributed by atoms with Crippen LogP contribution in [-0.4, -0.2) is 49.1 Å². The lowest BCUT2D eigenvalue weighted by Crippen LogP contribution is -2.33. The first kappa shape index (κ1) is 13.1. The van der Waals surface area contributed by atoms with Gasteiger partial charge >= 0.3 is 0 Å². The Labute approximate surface area is 113 Å². The zero-order valence-electron chi connectivity index (χ0n) is 11.4. The van der Waals surface area contributed by atoms with E-state index in [0.29, 0.717) is 29.4 Å². The summed E-state index contributed by atoms with van der Waals surface area (Å²) in [5.74, 6) is 0. The second-order valence-electron chi connectivity index (χ2n) is 5.78. The molecule has 2 aliphatic heterocycles. The number of aromatic nitrogens is 2. The van der Waals surface area contributed by atoms with Crippen LogP contribution in [0.5, 0.6) is 0 Å². The SMILES string of the molecule is Cc1n[nH]c(C)c1S(=O)(=O)N1CCC2(CCNC2)C1. The van der Waals surface area contributed by atoms with E-state index in [0.717, 1.165) is 25.9 Å². The zero-order chi connectivity index (χ0) is 13.7. The fourth-order valence-electron chi connectivity index (χ4n) is 3.29. The van der Waals surface area contributed by atoms with Gasteiger partial charge in [-0.3, -0.25) is 5.10 Å². The highest BCUT2D eigenvalue weighted by atomic mass is 32.2. The summed E-state index contributed by atoms with van der Waals surface area (Å²) in [6, 6.07) is 0. The molecule has 1 atom stereocenters. The molecule has 7 heteroatoms. The lowest BCUT2D eigenvalue weighted by atomic mass is 9.87. The van der Waals surface area contributed by atoms with Crippen molar-refractivity contribution in [3.05, 3.63) is 11.4 Å². The third kappa shape index (κ3) is 2.00. The maximum atomic E-state index is 12.7. The molecular weight excluding hydrogens is 264 g/mol. The molecule has 0 bridgehead atoms. The molecule has 0 radical (unpaired) electrons.